The maximum absolute atomic E-state index is 11.4. The van der Waals surface area contributed by atoms with E-state index in [0.29, 0.717) is 13.0 Å². The summed E-state index contributed by atoms with van der Waals surface area (Å²) in [5, 5.41) is 11.1. The Morgan fingerprint density at radius 3 is 2.50 bits per heavy atom. The molecule has 0 aromatic heterocycles. The summed E-state index contributed by atoms with van der Waals surface area (Å²) in [6, 6.07) is -1.12. The number of carbonyl (C=O) groups excluding carboxylic acids is 1. The monoisotopic (exact) mass is 259 g/mol. The van der Waals surface area contributed by atoms with Gasteiger partial charge < -0.3 is 19.9 Å². The lowest BCUT2D eigenvalue weighted by Gasteiger charge is -2.21. The lowest BCUT2D eigenvalue weighted by molar-refractivity contribution is -0.141. The van der Waals surface area contributed by atoms with E-state index in [-0.39, 0.29) is 6.61 Å². The highest BCUT2D eigenvalue weighted by Crippen LogP contribution is 2.06. The summed E-state index contributed by atoms with van der Waals surface area (Å²) in [7, 11) is 0. The minimum atomic E-state index is -1.17. The maximum atomic E-state index is 11.4. The van der Waals surface area contributed by atoms with Crippen LogP contribution in [0.5, 0.6) is 0 Å². The maximum Gasteiger partial charge on any atom is 0.408 e. The number of nitrogens with one attached hydrogen (secondary N) is 1. The van der Waals surface area contributed by atoms with E-state index in [1.807, 2.05) is 0 Å². The summed E-state index contributed by atoms with van der Waals surface area (Å²) in [4.78, 5) is 22.3. The summed E-state index contributed by atoms with van der Waals surface area (Å²) in [6.07, 6.45) is 1.51. The molecule has 104 valence electrons. The van der Waals surface area contributed by atoms with Crippen molar-refractivity contribution >= 4 is 12.1 Å². The van der Waals surface area contributed by atoms with Gasteiger partial charge in [0.1, 0.15) is 5.60 Å². The van der Waals surface area contributed by atoms with Crippen molar-refractivity contribution in [3.8, 4) is 0 Å². The molecule has 0 heterocycles. The third-order valence-corrected chi connectivity index (χ3v) is 1.74. The fourth-order valence-electron chi connectivity index (χ4n) is 0.992. The zero-order valence-electron chi connectivity index (χ0n) is 11.1. The molecular weight excluding hydrogens is 238 g/mol. The largest absolute Gasteiger partial charge is 0.480 e. The third kappa shape index (κ3) is 8.58. The second-order valence-electron chi connectivity index (χ2n) is 4.69. The minimum absolute atomic E-state index is 0.109. The van der Waals surface area contributed by atoms with Gasteiger partial charge >= 0.3 is 12.1 Å². The van der Waals surface area contributed by atoms with Crippen LogP contribution in [0.4, 0.5) is 4.79 Å². The number of hydrogen-bond acceptors (Lipinski definition) is 4. The van der Waals surface area contributed by atoms with Crippen LogP contribution in [0.2, 0.25) is 0 Å². The quantitative estimate of drug-likeness (QED) is 0.535. The molecule has 0 fully saturated rings. The molecule has 0 rings (SSSR count). The van der Waals surface area contributed by atoms with E-state index in [1.54, 1.807) is 26.8 Å². The van der Waals surface area contributed by atoms with Crippen LogP contribution in [-0.4, -0.2) is 42.0 Å². The SMILES string of the molecule is C=CCCOC[C@H](NC(=O)OC(C)(C)C)C(=O)O. The molecule has 0 aliphatic rings. The fraction of sp³-hybridized carbons (Fsp3) is 0.667. The highest BCUT2D eigenvalue weighted by molar-refractivity contribution is 5.80. The second-order valence-corrected chi connectivity index (χ2v) is 4.69. The number of ether oxygens (including phenoxy) is 2. The average Bonchev–Trinajstić information content (AvgIpc) is 2.19. The molecule has 0 unspecified atom stereocenters. The number of carbonyl (C=O) groups is 2. The van der Waals surface area contributed by atoms with Gasteiger partial charge in [0.05, 0.1) is 13.2 Å². The predicted molar refractivity (Wildman–Crippen MR) is 66.4 cm³/mol. The zero-order chi connectivity index (χ0) is 14.2. The van der Waals surface area contributed by atoms with E-state index in [1.165, 1.54) is 0 Å². The average molecular weight is 259 g/mol. The van der Waals surface area contributed by atoms with Gasteiger partial charge in [0, 0.05) is 0 Å². The predicted octanol–water partition coefficient (Wildman–Crippen LogP) is 1.56. The standard InChI is InChI=1S/C12H21NO5/c1-5-6-7-17-8-9(10(14)15)13-11(16)18-12(2,3)4/h5,9H,1,6-8H2,2-4H3,(H,13,16)(H,14,15)/t9-/m0/s1. The Hall–Kier alpha value is -1.56. The number of aliphatic carboxylic acids is 1. The summed E-state index contributed by atoms with van der Waals surface area (Å²) >= 11 is 0. The normalized spacial score (nSPS) is 12.6. The molecule has 0 radical (unpaired) electrons. The number of amides is 1. The van der Waals surface area contributed by atoms with E-state index in [4.69, 9.17) is 14.6 Å². The fourth-order valence-corrected chi connectivity index (χ4v) is 0.992. The molecular formula is C12H21NO5. The number of rotatable bonds is 7. The van der Waals surface area contributed by atoms with Gasteiger partial charge in [-0.1, -0.05) is 6.08 Å². The van der Waals surface area contributed by atoms with Crippen LogP contribution >= 0.6 is 0 Å². The zero-order valence-corrected chi connectivity index (χ0v) is 11.1. The summed E-state index contributed by atoms with van der Waals surface area (Å²) in [5.41, 5.74) is -0.670. The molecule has 6 nitrogen and oxygen atoms in total. The van der Waals surface area contributed by atoms with E-state index < -0.39 is 23.7 Å². The van der Waals surface area contributed by atoms with E-state index in [0.717, 1.165) is 0 Å². The summed E-state index contributed by atoms with van der Waals surface area (Å²) < 4.78 is 10.1. The number of carboxylic acids is 1. The smallest absolute Gasteiger partial charge is 0.408 e. The molecule has 0 spiro atoms. The second kappa shape index (κ2) is 7.71. The van der Waals surface area contributed by atoms with Gasteiger partial charge in [-0.05, 0) is 27.2 Å². The molecule has 2 N–H and O–H groups in total. The molecule has 1 atom stereocenters. The highest BCUT2D eigenvalue weighted by atomic mass is 16.6. The van der Waals surface area contributed by atoms with Crippen LogP contribution in [0.3, 0.4) is 0 Å². The van der Waals surface area contributed by atoms with Crippen molar-refractivity contribution in [2.45, 2.75) is 38.8 Å². The van der Waals surface area contributed by atoms with Crippen LogP contribution in [0.1, 0.15) is 27.2 Å². The Balaban J connectivity index is 4.15. The topological polar surface area (TPSA) is 84.9 Å². The Labute approximate surface area is 107 Å². The molecule has 0 aliphatic heterocycles. The van der Waals surface area contributed by atoms with Crippen LogP contribution < -0.4 is 5.32 Å². The van der Waals surface area contributed by atoms with Crippen LogP contribution in [-0.2, 0) is 14.3 Å². The summed E-state index contributed by atoms with van der Waals surface area (Å²) in [5.74, 6) is -1.17. The highest BCUT2D eigenvalue weighted by Gasteiger charge is 2.23. The van der Waals surface area contributed by atoms with Crippen molar-refractivity contribution in [2.75, 3.05) is 13.2 Å². The van der Waals surface area contributed by atoms with Gasteiger partial charge in [-0.15, -0.1) is 6.58 Å². The van der Waals surface area contributed by atoms with E-state index in [9.17, 15) is 9.59 Å². The van der Waals surface area contributed by atoms with Crippen LogP contribution in [0.15, 0.2) is 12.7 Å². The molecule has 6 heteroatoms. The van der Waals surface area contributed by atoms with Crippen molar-refractivity contribution in [1.29, 1.82) is 0 Å². The van der Waals surface area contributed by atoms with Crippen LogP contribution in [0.25, 0.3) is 0 Å². The molecule has 0 aromatic rings. The number of carboxylic acid groups (broad SMARTS) is 1. The van der Waals surface area contributed by atoms with Gasteiger partial charge in [-0.25, -0.2) is 9.59 Å². The third-order valence-electron chi connectivity index (χ3n) is 1.74. The lowest BCUT2D eigenvalue weighted by Crippen LogP contribution is -2.46. The molecule has 0 aliphatic carbocycles. The minimum Gasteiger partial charge on any atom is -0.480 e. The number of hydrogen-bond donors (Lipinski definition) is 2. The van der Waals surface area contributed by atoms with Gasteiger partial charge in [0.25, 0.3) is 0 Å². The molecule has 0 bridgehead atoms. The first-order valence-corrected chi connectivity index (χ1v) is 5.67. The van der Waals surface area contributed by atoms with Gasteiger partial charge in [0.15, 0.2) is 6.04 Å². The Morgan fingerprint density at radius 2 is 2.06 bits per heavy atom. The Morgan fingerprint density at radius 1 is 1.44 bits per heavy atom. The van der Waals surface area contributed by atoms with Crippen molar-refractivity contribution in [3.05, 3.63) is 12.7 Å². The molecule has 0 saturated heterocycles. The van der Waals surface area contributed by atoms with Crippen molar-refractivity contribution in [2.24, 2.45) is 0 Å². The lowest BCUT2D eigenvalue weighted by atomic mass is 10.2. The van der Waals surface area contributed by atoms with Crippen molar-refractivity contribution < 1.29 is 24.2 Å². The van der Waals surface area contributed by atoms with Gasteiger partial charge in [-0.3, -0.25) is 0 Å². The van der Waals surface area contributed by atoms with Crippen LogP contribution in [0, 0.1) is 0 Å². The molecule has 18 heavy (non-hydrogen) atoms. The summed E-state index contributed by atoms with van der Waals surface area (Å²) in [6.45, 7) is 8.86. The molecule has 0 saturated carbocycles. The first-order chi connectivity index (χ1) is 8.26. The van der Waals surface area contributed by atoms with Crippen molar-refractivity contribution in [1.82, 2.24) is 5.32 Å². The van der Waals surface area contributed by atoms with Gasteiger partial charge in [-0.2, -0.15) is 0 Å². The number of alkyl carbamates (subject to hydrolysis) is 1. The van der Waals surface area contributed by atoms with E-state index in [2.05, 4.69) is 11.9 Å². The Kier molecular flexibility index (Phi) is 7.04. The molecule has 1 amide bonds. The van der Waals surface area contributed by atoms with Gasteiger partial charge in [0.2, 0.25) is 0 Å². The van der Waals surface area contributed by atoms with E-state index >= 15 is 0 Å². The first-order valence-electron chi connectivity index (χ1n) is 5.67. The Bertz CT molecular complexity index is 295. The van der Waals surface area contributed by atoms with Crippen molar-refractivity contribution in [3.63, 3.8) is 0 Å². The molecule has 0 aromatic carbocycles. The first kappa shape index (κ1) is 16.4.